The van der Waals surface area contributed by atoms with Crippen LogP contribution in [0.25, 0.3) is 22.0 Å². The fraction of sp³-hybridized carbons (Fsp3) is 0.393. The highest BCUT2D eigenvalue weighted by Gasteiger charge is 2.35. The fourth-order valence-corrected chi connectivity index (χ4v) is 7.36. The molecule has 3 aromatic rings. The van der Waals surface area contributed by atoms with Crippen LogP contribution in [0.3, 0.4) is 0 Å². The summed E-state index contributed by atoms with van der Waals surface area (Å²) in [6.07, 6.45) is 1.34. The average molecular weight is 557 g/mol. The maximum absolute atomic E-state index is 15.2. The van der Waals surface area contributed by atoms with Crippen LogP contribution in [0.4, 0.5) is 10.2 Å². The minimum absolute atomic E-state index is 0.102. The van der Waals surface area contributed by atoms with Crippen LogP contribution in [0.5, 0.6) is 0 Å². The first-order valence-electron chi connectivity index (χ1n) is 12.5. The summed E-state index contributed by atoms with van der Waals surface area (Å²) in [5.41, 5.74) is 2.44. The van der Waals surface area contributed by atoms with E-state index in [1.165, 1.54) is 12.1 Å². The minimum Gasteiger partial charge on any atom is -0.383 e. The number of aryl methyl sites for hydroxylation is 1. The molecule has 38 heavy (non-hydrogen) atoms. The summed E-state index contributed by atoms with van der Waals surface area (Å²) in [5, 5.41) is 1.15. The second-order valence-corrected chi connectivity index (χ2v) is 11.4. The summed E-state index contributed by atoms with van der Waals surface area (Å²) in [4.78, 5) is 35.4. The van der Waals surface area contributed by atoms with Crippen LogP contribution >= 0.6 is 23.4 Å². The highest BCUT2D eigenvalue weighted by molar-refractivity contribution is 7.99. The molecule has 2 aliphatic rings. The molecular weight excluding hydrogens is 527 g/mol. The molecule has 1 amide bonds. The summed E-state index contributed by atoms with van der Waals surface area (Å²) in [6, 6.07) is 6.26. The van der Waals surface area contributed by atoms with Gasteiger partial charge in [0, 0.05) is 64.5 Å². The van der Waals surface area contributed by atoms with Crippen LogP contribution in [0, 0.1) is 12.7 Å². The van der Waals surface area contributed by atoms with E-state index in [0.717, 1.165) is 26.9 Å². The molecule has 0 aliphatic carbocycles. The fourth-order valence-electron chi connectivity index (χ4n) is 5.84. The van der Waals surface area contributed by atoms with Gasteiger partial charge in [0.1, 0.15) is 11.6 Å². The van der Waals surface area contributed by atoms with Crippen molar-refractivity contribution in [1.29, 1.82) is 0 Å². The number of methoxy groups -OCH3 is 1. The van der Waals surface area contributed by atoms with Crippen molar-refractivity contribution in [3.8, 4) is 11.1 Å². The summed E-state index contributed by atoms with van der Waals surface area (Å²) in [6.45, 7) is 11.0. The van der Waals surface area contributed by atoms with Crippen molar-refractivity contribution in [1.82, 2.24) is 14.5 Å². The number of rotatable bonds is 5. The number of nitrogens with zero attached hydrogens (tertiary/aromatic N) is 4. The second-order valence-electron chi connectivity index (χ2n) is 9.98. The first kappa shape index (κ1) is 26.7. The van der Waals surface area contributed by atoms with Crippen molar-refractivity contribution in [2.24, 2.45) is 0 Å². The van der Waals surface area contributed by atoms with Crippen molar-refractivity contribution in [2.75, 3.05) is 37.5 Å². The number of aromatic nitrogens is 2. The van der Waals surface area contributed by atoms with Gasteiger partial charge in [-0.1, -0.05) is 18.2 Å². The lowest BCUT2D eigenvalue weighted by molar-refractivity contribution is -0.130. The number of benzene rings is 2. The predicted molar refractivity (Wildman–Crippen MR) is 151 cm³/mol. The molecule has 5 rings (SSSR count). The van der Waals surface area contributed by atoms with Gasteiger partial charge in [0.25, 0.3) is 0 Å². The number of piperazine rings is 1. The topological polar surface area (TPSA) is 67.7 Å². The molecule has 3 atom stereocenters. The summed E-state index contributed by atoms with van der Waals surface area (Å²) in [7, 11) is 1.61. The van der Waals surface area contributed by atoms with E-state index in [-0.39, 0.29) is 29.7 Å². The number of thioether (sulfide) groups is 1. The van der Waals surface area contributed by atoms with Crippen LogP contribution in [0.15, 0.2) is 46.6 Å². The van der Waals surface area contributed by atoms with Gasteiger partial charge in [-0.15, -0.1) is 11.8 Å². The molecule has 10 heteroatoms. The molecular formula is C28H30ClFN4O3S. The van der Waals surface area contributed by atoms with E-state index < -0.39 is 5.82 Å². The summed E-state index contributed by atoms with van der Waals surface area (Å²) in [5.74, 6) is 0.652. The monoisotopic (exact) mass is 556 g/mol. The standard InChI is InChI=1S/C28H30ClFN4O3S/c1-6-23(35)33-16(3)11-32(12-17(33)4)27-21-9-15(2)24(20-8-7-18(29)10-22(20)30)26-25(21)34(28(36)31-27)19(13-37-5)14-38-26/h6-10,16-17,19H,1,11-14H2,2-5H3/t16-,17+,19-/m0/s1. The molecule has 0 saturated carbocycles. The number of carbonyl (C=O) groups is 1. The van der Waals surface area contributed by atoms with E-state index in [1.807, 2.05) is 31.7 Å². The van der Waals surface area contributed by atoms with Gasteiger partial charge >= 0.3 is 5.69 Å². The number of anilines is 1. The van der Waals surface area contributed by atoms with Gasteiger partial charge in [0.15, 0.2) is 0 Å². The smallest absolute Gasteiger partial charge is 0.350 e. The molecule has 0 unspecified atom stereocenters. The molecule has 7 nitrogen and oxygen atoms in total. The Morgan fingerprint density at radius 2 is 2.00 bits per heavy atom. The third kappa shape index (κ3) is 4.40. The summed E-state index contributed by atoms with van der Waals surface area (Å²) >= 11 is 7.65. The highest BCUT2D eigenvalue weighted by atomic mass is 35.5. The lowest BCUT2D eigenvalue weighted by atomic mass is 9.96. The zero-order valence-electron chi connectivity index (χ0n) is 21.8. The maximum atomic E-state index is 15.2. The van der Waals surface area contributed by atoms with Crippen molar-refractivity contribution in [2.45, 2.75) is 43.8 Å². The van der Waals surface area contributed by atoms with E-state index in [9.17, 15) is 9.59 Å². The molecule has 2 aliphatic heterocycles. The van der Waals surface area contributed by atoms with Crippen LogP contribution in [0.1, 0.15) is 25.5 Å². The molecule has 200 valence electrons. The highest BCUT2D eigenvalue weighted by Crippen LogP contribution is 2.46. The van der Waals surface area contributed by atoms with Gasteiger partial charge in [-0.05, 0) is 56.7 Å². The van der Waals surface area contributed by atoms with Crippen molar-refractivity contribution in [3.05, 3.63) is 63.8 Å². The number of carbonyl (C=O) groups excluding carboxylic acids is 1. The maximum Gasteiger partial charge on any atom is 0.350 e. The number of halogens is 2. The predicted octanol–water partition coefficient (Wildman–Crippen LogP) is 5.07. The lowest BCUT2D eigenvalue weighted by Crippen LogP contribution is -2.58. The molecule has 0 bridgehead atoms. The quantitative estimate of drug-likeness (QED) is 0.409. The van der Waals surface area contributed by atoms with Gasteiger partial charge in [-0.3, -0.25) is 9.36 Å². The van der Waals surface area contributed by atoms with Crippen molar-refractivity contribution >= 4 is 46.0 Å². The van der Waals surface area contributed by atoms with Crippen molar-refractivity contribution in [3.63, 3.8) is 0 Å². The second kappa shape index (κ2) is 10.4. The Labute approximate surface area is 230 Å². The molecule has 3 heterocycles. The van der Waals surface area contributed by atoms with E-state index in [2.05, 4.69) is 16.5 Å². The number of amides is 1. The largest absolute Gasteiger partial charge is 0.383 e. The van der Waals surface area contributed by atoms with Crippen LogP contribution < -0.4 is 10.6 Å². The number of hydrogen-bond donors (Lipinski definition) is 0. The minimum atomic E-state index is -0.412. The Bertz CT molecular complexity index is 1500. The van der Waals surface area contributed by atoms with Gasteiger partial charge < -0.3 is 14.5 Å². The molecule has 2 aromatic carbocycles. The normalized spacial score (nSPS) is 21.2. The van der Waals surface area contributed by atoms with Crippen LogP contribution in [-0.4, -0.2) is 65.0 Å². The van der Waals surface area contributed by atoms with Gasteiger partial charge in [-0.2, -0.15) is 4.98 Å². The van der Waals surface area contributed by atoms with E-state index in [4.69, 9.17) is 16.3 Å². The third-order valence-electron chi connectivity index (χ3n) is 7.33. The number of hydrogen-bond acceptors (Lipinski definition) is 6. The SMILES string of the molecule is C=CC(=O)N1[C@H](C)CN(c2nc(=O)n3c4c(c(-c5ccc(Cl)cc5F)c(C)cc24)SC[C@@H]3COC)C[C@@H]1C. The Morgan fingerprint density at radius 3 is 2.63 bits per heavy atom. The lowest BCUT2D eigenvalue weighted by Gasteiger charge is -2.45. The molecule has 0 N–H and O–H groups in total. The van der Waals surface area contributed by atoms with E-state index in [1.54, 1.807) is 35.6 Å². The van der Waals surface area contributed by atoms with Crippen molar-refractivity contribution < 1.29 is 13.9 Å². The molecule has 1 fully saturated rings. The number of ether oxygens (including phenoxy) is 1. The van der Waals surface area contributed by atoms with Crippen LogP contribution in [-0.2, 0) is 9.53 Å². The molecule has 1 aromatic heterocycles. The third-order valence-corrected chi connectivity index (χ3v) is 8.81. The van der Waals surface area contributed by atoms with Gasteiger partial charge in [0.05, 0.1) is 18.2 Å². The molecule has 0 spiro atoms. The molecule has 1 saturated heterocycles. The Morgan fingerprint density at radius 1 is 1.29 bits per heavy atom. The first-order chi connectivity index (χ1) is 18.2. The van der Waals surface area contributed by atoms with Gasteiger partial charge in [0.2, 0.25) is 5.91 Å². The van der Waals surface area contributed by atoms with E-state index >= 15 is 4.39 Å². The average Bonchev–Trinajstić information content (AvgIpc) is 2.86. The van der Waals surface area contributed by atoms with Gasteiger partial charge in [-0.25, -0.2) is 9.18 Å². The zero-order valence-corrected chi connectivity index (χ0v) is 23.4. The Hall–Kier alpha value is -2.88. The zero-order chi connectivity index (χ0) is 27.3. The van der Waals surface area contributed by atoms with E-state index in [0.29, 0.717) is 41.9 Å². The van der Waals surface area contributed by atoms with Crippen LogP contribution in [0.2, 0.25) is 5.02 Å². The Balaban J connectivity index is 1.75. The first-order valence-corrected chi connectivity index (χ1v) is 13.9. The summed E-state index contributed by atoms with van der Waals surface area (Å²) < 4.78 is 22.3. The Kier molecular flexibility index (Phi) is 7.28. The molecule has 0 radical (unpaired) electrons.